The number of nitrogens with zero attached hydrogens (tertiary/aromatic N) is 2. The molecule has 2 amide bonds. The van der Waals surface area contributed by atoms with Gasteiger partial charge in [0, 0.05) is 25.6 Å². The van der Waals surface area contributed by atoms with Gasteiger partial charge in [0.05, 0.1) is 19.1 Å². The van der Waals surface area contributed by atoms with Crippen LogP contribution in [0.4, 0.5) is 0 Å². The maximum atomic E-state index is 12.9. The third-order valence-corrected chi connectivity index (χ3v) is 6.46. The minimum atomic E-state index is -0.238. The minimum absolute atomic E-state index is 0.00418. The number of amides is 2. The number of hydrogen-bond donors (Lipinski definition) is 1. The van der Waals surface area contributed by atoms with E-state index < -0.39 is 0 Å². The Labute approximate surface area is 174 Å². The Balaban J connectivity index is 1.63. The molecule has 2 unspecified atom stereocenters. The molecule has 0 spiro atoms. The summed E-state index contributed by atoms with van der Waals surface area (Å²) in [4.78, 5) is 29.6. The Hall–Kier alpha value is -2.08. The number of rotatable bonds is 9. The maximum Gasteiger partial charge on any atom is 0.225 e. The summed E-state index contributed by atoms with van der Waals surface area (Å²) in [7, 11) is 1.67. The second-order valence-corrected chi connectivity index (χ2v) is 8.19. The molecule has 2 aliphatic heterocycles. The van der Waals surface area contributed by atoms with E-state index in [4.69, 9.17) is 4.74 Å². The van der Waals surface area contributed by atoms with E-state index in [1.807, 2.05) is 17.0 Å². The standard InChI is InChI=1S/C23H35N3O3/c1-4-19(5-2)26-16-18(14-22(26)27)23(28)24-15-21(25-12-6-7-13-25)17-8-10-20(29-3)11-9-17/h8-11,18-19,21H,4-7,12-16H2,1-3H3,(H,24,28). The van der Waals surface area contributed by atoms with Crippen molar-refractivity contribution in [3.8, 4) is 5.75 Å². The van der Waals surface area contributed by atoms with Crippen LogP contribution in [-0.2, 0) is 9.59 Å². The highest BCUT2D eigenvalue weighted by atomic mass is 16.5. The van der Waals surface area contributed by atoms with Gasteiger partial charge in [-0.3, -0.25) is 14.5 Å². The lowest BCUT2D eigenvalue weighted by molar-refractivity contribution is -0.130. The van der Waals surface area contributed by atoms with Crippen LogP contribution in [0, 0.1) is 5.92 Å². The predicted octanol–water partition coefficient (Wildman–Crippen LogP) is 2.99. The largest absolute Gasteiger partial charge is 0.497 e. The van der Waals surface area contributed by atoms with Crippen LogP contribution in [0.5, 0.6) is 5.75 Å². The first-order valence-electron chi connectivity index (χ1n) is 11.0. The van der Waals surface area contributed by atoms with E-state index in [2.05, 4.69) is 36.2 Å². The summed E-state index contributed by atoms with van der Waals surface area (Å²) in [6.45, 7) is 7.43. The third-order valence-electron chi connectivity index (χ3n) is 6.46. The molecule has 0 radical (unpaired) electrons. The fourth-order valence-corrected chi connectivity index (χ4v) is 4.67. The van der Waals surface area contributed by atoms with Crippen molar-refractivity contribution in [1.82, 2.24) is 15.1 Å². The van der Waals surface area contributed by atoms with Crippen molar-refractivity contribution in [2.45, 2.75) is 58.0 Å². The molecule has 2 heterocycles. The summed E-state index contributed by atoms with van der Waals surface area (Å²) in [5.74, 6) is 0.719. The molecule has 0 aromatic heterocycles. The van der Waals surface area contributed by atoms with Gasteiger partial charge < -0.3 is 15.0 Å². The maximum absolute atomic E-state index is 12.9. The second kappa shape index (κ2) is 10.1. The molecule has 0 aliphatic carbocycles. The van der Waals surface area contributed by atoms with Gasteiger partial charge >= 0.3 is 0 Å². The Bertz CT molecular complexity index is 681. The van der Waals surface area contributed by atoms with Gasteiger partial charge in [0.2, 0.25) is 11.8 Å². The summed E-state index contributed by atoms with van der Waals surface area (Å²) >= 11 is 0. The summed E-state index contributed by atoms with van der Waals surface area (Å²) in [5, 5.41) is 3.15. The summed E-state index contributed by atoms with van der Waals surface area (Å²) in [6.07, 6.45) is 4.60. The molecule has 6 nitrogen and oxygen atoms in total. The molecule has 1 aromatic carbocycles. The summed E-state index contributed by atoms with van der Waals surface area (Å²) in [5.41, 5.74) is 1.19. The molecular weight excluding hydrogens is 366 g/mol. The number of ether oxygens (including phenoxy) is 1. The number of carbonyl (C=O) groups excluding carboxylic acids is 2. The highest BCUT2D eigenvalue weighted by Crippen LogP contribution is 2.27. The van der Waals surface area contributed by atoms with Gasteiger partial charge in [-0.1, -0.05) is 26.0 Å². The SMILES string of the molecule is CCC(CC)N1CC(C(=O)NCC(c2ccc(OC)cc2)N2CCCC2)CC1=O. The second-order valence-electron chi connectivity index (χ2n) is 8.19. The molecule has 0 saturated carbocycles. The van der Waals surface area contributed by atoms with Crippen LogP contribution in [0.2, 0.25) is 0 Å². The van der Waals surface area contributed by atoms with E-state index in [-0.39, 0.29) is 29.8 Å². The molecule has 1 N–H and O–H groups in total. The van der Waals surface area contributed by atoms with Gasteiger partial charge in [0.1, 0.15) is 5.75 Å². The summed E-state index contributed by atoms with van der Waals surface area (Å²) in [6, 6.07) is 8.52. The molecule has 29 heavy (non-hydrogen) atoms. The molecule has 0 bridgehead atoms. The molecule has 2 atom stereocenters. The van der Waals surface area contributed by atoms with Gasteiger partial charge in [0.15, 0.2) is 0 Å². The van der Waals surface area contributed by atoms with Crippen LogP contribution in [0.1, 0.15) is 57.6 Å². The number of nitrogens with one attached hydrogen (secondary N) is 1. The van der Waals surface area contributed by atoms with E-state index in [1.54, 1.807) is 7.11 Å². The topological polar surface area (TPSA) is 61.9 Å². The number of benzene rings is 1. The highest BCUT2D eigenvalue weighted by molar-refractivity contribution is 5.89. The van der Waals surface area contributed by atoms with Crippen molar-refractivity contribution in [1.29, 1.82) is 0 Å². The first kappa shape index (κ1) is 21.6. The fraction of sp³-hybridized carbons (Fsp3) is 0.652. The van der Waals surface area contributed by atoms with E-state index in [0.717, 1.165) is 31.7 Å². The Morgan fingerprint density at radius 1 is 1.17 bits per heavy atom. The van der Waals surface area contributed by atoms with Gasteiger partial charge in [-0.15, -0.1) is 0 Å². The zero-order chi connectivity index (χ0) is 20.8. The number of carbonyl (C=O) groups is 2. The lowest BCUT2D eigenvalue weighted by Crippen LogP contribution is -2.41. The number of likely N-dealkylation sites (tertiary alicyclic amines) is 2. The van der Waals surface area contributed by atoms with Gasteiger partial charge in [-0.05, 0) is 56.5 Å². The third kappa shape index (κ3) is 5.10. The first-order valence-corrected chi connectivity index (χ1v) is 11.0. The Morgan fingerprint density at radius 3 is 2.41 bits per heavy atom. The van der Waals surface area contributed by atoms with Crippen LogP contribution in [0.15, 0.2) is 24.3 Å². The van der Waals surface area contributed by atoms with Gasteiger partial charge in [-0.25, -0.2) is 0 Å². The van der Waals surface area contributed by atoms with E-state index in [0.29, 0.717) is 19.5 Å². The van der Waals surface area contributed by atoms with Gasteiger partial charge in [0.25, 0.3) is 0 Å². The van der Waals surface area contributed by atoms with E-state index >= 15 is 0 Å². The molecule has 3 rings (SSSR count). The van der Waals surface area contributed by atoms with E-state index in [9.17, 15) is 9.59 Å². The van der Waals surface area contributed by atoms with Crippen molar-refractivity contribution >= 4 is 11.8 Å². The van der Waals surface area contributed by atoms with Crippen molar-refractivity contribution in [2.24, 2.45) is 5.92 Å². The molecular formula is C23H35N3O3. The Kier molecular flexibility index (Phi) is 7.53. The van der Waals surface area contributed by atoms with Crippen molar-refractivity contribution in [3.63, 3.8) is 0 Å². The van der Waals surface area contributed by atoms with Crippen LogP contribution in [0.25, 0.3) is 0 Å². The normalized spacial score (nSPS) is 21.0. The van der Waals surface area contributed by atoms with Crippen LogP contribution in [0.3, 0.4) is 0 Å². The summed E-state index contributed by atoms with van der Waals surface area (Å²) < 4.78 is 5.28. The molecule has 2 fully saturated rings. The van der Waals surface area contributed by atoms with Crippen LogP contribution in [-0.4, -0.2) is 60.9 Å². The van der Waals surface area contributed by atoms with Crippen LogP contribution < -0.4 is 10.1 Å². The van der Waals surface area contributed by atoms with Crippen molar-refractivity contribution < 1.29 is 14.3 Å². The van der Waals surface area contributed by atoms with Gasteiger partial charge in [-0.2, -0.15) is 0 Å². The monoisotopic (exact) mass is 401 g/mol. The fourth-order valence-electron chi connectivity index (χ4n) is 4.67. The van der Waals surface area contributed by atoms with E-state index in [1.165, 1.54) is 18.4 Å². The van der Waals surface area contributed by atoms with Crippen LogP contribution >= 0.6 is 0 Å². The Morgan fingerprint density at radius 2 is 1.83 bits per heavy atom. The predicted molar refractivity (Wildman–Crippen MR) is 114 cm³/mol. The first-order chi connectivity index (χ1) is 14.1. The quantitative estimate of drug-likeness (QED) is 0.691. The van der Waals surface area contributed by atoms with Crippen molar-refractivity contribution in [2.75, 3.05) is 33.3 Å². The smallest absolute Gasteiger partial charge is 0.225 e. The molecule has 1 aromatic rings. The molecule has 2 saturated heterocycles. The van der Waals surface area contributed by atoms with Crippen molar-refractivity contribution in [3.05, 3.63) is 29.8 Å². The average molecular weight is 402 g/mol. The highest BCUT2D eigenvalue weighted by Gasteiger charge is 2.37. The molecule has 160 valence electrons. The average Bonchev–Trinajstić information content (AvgIpc) is 3.40. The lowest BCUT2D eigenvalue weighted by atomic mass is 10.0. The number of methoxy groups -OCH3 is 1. The zero-order valence-electron chi connectivity index (χ0n) is 18.0. The lowest BCUT2D eigenvalue weighted by Gasteiger charge is -2.29. The zero-order valence-corrected chi connectivity index (χ0v) is 18.0. The molecule has 2 aliphatic rings. The molecule has 6 heteroatoms. The number of hydrogen-bond acceptors (Lipinski definition) is 4. The minimum Gasteiger partial charge on any atom is -0.497 e.